The molecule has 0 radical (unpaired) electrons. The lowest BCUT2D eigenvalue weighted by molar-refractivity contribution is 0.434. The molecular formula is C14H20ClN. The van der Waals surface area contributed by atoms with Crippen LogP contribution in [-0.2, 0) is 0 Å². The molecule has 0 saturated carbocycles. The van der Waals surface area contributed by atoms with E-state index in [1.165, 1.54) is 18.4 Å². The molecule has 1 aliphatic rings. The van der Waals surface area contributed by atoms with Gasteiger partial charge in [-0.3, -0.25) is 0 Å². The Balaban J connectivity index is 2.17. The lowest BCUT2D eigenvalue weighted by atomic mass is 9.87. The summed E-state index contributed by atoms with van der Waals surface area (Å²) in [5, 5.41) is 4.53. The van der Waals surface area contributed by atoms with Gasteiger partial charge in [-0.05, 0) is 36.9 Å². The van der Waals surface area contributed by atoms with Crippen LogP contribution in [0, 0.1) is 5.92 Å². The smallest absolute Gasteiger partial charge is 0.0441 e. The molecule has 1 saturated heterocycles. The van der Waals surface area contributed by atoms with Gasteiger partial charge in [0.1, 0.15) is 0 Å². The van der Waals surface area contributed by atoms with Gasteiger partial charge in [0.15, 0.2) is 0 Å². The maximum absolute atomic E-state index is 6.28. The van der Waals surface area contributed by atoms with Crippen LogP contribution in [0.5, 0.6) is 0 Å². The van der Waals surface area contributed by atoms with Gasteiger partial charge in [0, 0.05) is 17.0 Å². The number of nitrogens with one attached hydrogen (secondary N) is 1. The van der Waals surface area contributed by atoms with E-state index in [2.05, 4.69) is 31.3 Å². The molecule has 1 aromatic rings. The largest absolute Gasteiger partial charge is 0.313 e. The second-order valence-corrected chi connectivity index (χ2v) is 5.51. The molecule has 2 atom stereocenters. The van der Waals surface area contributed by atoms with E-state index in [9.17, 15) is 0 Å². The number of hydrogen-bond acceptors (Lipinski definition) is 1. The Morgan fingerprint density at radius 1 is 1.38 bits per heavy atom. The minimum Gasteiger partial charge on any atom is -0.313 e. The highest BCUT2D eigenvalue weighted by atomic mass is 35.5. The zero-order chi connectivity index (χ0) is 11.5. The first kappa shape index (κ1) is 11.9. The molecule has 1 N–H and O–H groups in total. The Morgan fingerprint density at radius 2 is 2.12 bits per heavy atom. The number of benzene rings is 1. The van der Waals surface area contributed by atoms with Crippen LogP contribution in [0.2, 0.25) is 5.02 Å². The van der Waals surface area contributed by atoms with E-state index < -0.39 is 0 Å². The Morgan fingerprint density at radius 3 is 2.81 bits per heavy atom. The van der Waals surface area contributed by atoms with E-state index in [1.54, 1.807) is 0 Å². The maximum Gasteiger partial charge on any atom is 0.0441 e. The first-order valence-electron chi connectivity index (χ1n) is 6.16. The fraction of sp³-hybridized carbons (Fsp3) is 0.571. The highest BCUT2D eigenvalue weighted by Gasteiger charge is 2.29. The maximum atomic E-state index is 6.28. The summed E-state index contributed by atoms with van der Waals surface area (Å²) >= 11 is 6.28. The van der Waals surface area contributed by atoms with Crippen molar-refractivity contribution in [3.8, 4) is 0 Å². The Hall–Kier alpha value is -0.530. The summed E-state index contributed by atoms with van der Waals surface area (Å²) in [6.45, 7) is 5.68. The van der Waals surface area contributed by atoms with Crippen molar-refractivity contribution in [1.82, 2.24) is 5.32 Å². The van der Waals surface area contributed by atoms with Crippen molar-refractivity contribution in [2.45, 2.75) is 38.6 Å². The zero-order valence-corrected chi connectivity index (χ0v) is 10.8. The van der Waals surface area contributed by atoms with Crippen molar-refractivity contribution < 1.29 is 0 Å². The summed E-state index contributed by atoms with van der Waals surface area (Å²) in [6.07, 6.45) is 2.44. The molecule has 1 aromatic carbocycles. The molecular weight excluding hydrogens is 218 g/mol. The minimum absolute atomic E-state index is 0.594. The minimum atomic E-state index is 0.594. The molecule has 88 valence electrons. The second-order valence-electron chi connectivity index (χ2n) is 5.11. The third-order valence-corrected chi connectivity index (χ3v) is 3.72. The van der Waals surface area contributed by atoms with E-state index in [0.29, 0.717) is 12.0 Å². The van der Waals surface area contributed by atoms with Crippen LogP contribution in [0.4, 0.5) is 0 Å². The van der Waals surface area contributed by atoms with E-state index in [0.717, 1.165) is 17.5 Å². The predicted octanol–water partition coefficient (Wildman–Crippen LogP) is 3.83. The molecule has 0 aliphatic carbocycles. The third kappa shape index (κ3) is 2.58. The molecule has 0 aromatic heterocycles. The third-order valence-electron chi connectivity index (χ3n) is 3.38. The molecule has 1 fully saturated rings. The summed E-state index contributed by atoms with van der Waals surface area (Å²) in [5.74, 6) is 1.33. The number of hydrogen-bond donors (Lipinski definition) is 1. The Labute approximate surface area is 103 Å². The van der Waals surface area contributed by atoms with Crippen LogP contribution in [0.25, 0.3) is 0 Å². The average Bonchev–Trinajstić information content (AvgIpc) is 2.66. The van der Waals surface area contributed by atoms with Gasteiger partial charge < -0.3 is 5.32 Å². The SMILES string of the molecule is CC(C)CC1NCCC1c1ccccc1Cl. The summed E-state index contributed by atoms with van der Waals surface area (Å²) < 4.78 is 0. The summed E-state index contributed by atoms with van der Waals surface area (Å²) in [5.41, 5.74) is 1.32. The van der Waals surface area contributed by atoms with Crippen molar-refractivity contribution in [3.05, 3.63) is 34.9 Å². The normalized spacial score (nSPS) is 25.2. The van der Waals surface area contributed by atoms with E-state index in [4.69, 9.17) is 11.6 Å². The molecule has 2 rings (SSSR count). The van der Waals surface area contributed by atoms with Gasteiger partial charge in [-0.25, -0.2) is 0 Å². The second kappa shape index (κ2) is 5.20. The standard InChI is InChI=1S/C14H20ClN/c1-10(2)9-14-12(7-8-16-14)11-5-3-4-6-13(11)15/h3-6,10,12,14,16H,7-9H2,1-2H3. The lowest BCUT2D eigenvalue weighted by Crippen LogP contribution is -2.27. The van der Waals surface area contributed by atoms with Crippen LogP contribution in [-0.4, -0.2) is 12.6 Å². The van der Waals surface area contributed by atoms with Crippen LogP contribution in [0.3, 0.4) is 0 Å². The average molecular weight is 238 g/mol. The summed E-state index contributed by atoms with van der Waals surface area (Å²) in [6, 6.07) is 8.87. The monoisotopic (exact) mass is 237 g/mol. The van der Waals surface area contributed by atoms with Crippen molar-refractivity contribution in [3.63, 3.8) is 0 Å². The summed E-state index contributed by atoms with van der Waals surface area (Å²) in [7, 11) is 0. The quantitative estimate of drug-likeness (QED) is 0.843. The van der Waals surface area contributed by atoms with Crippen molar-refractivity contribution in [2.24, 2.45) is 5.92 Å². The van der Waals surface area contributed by atoms with Gasteiger partial charge in [0.2, 0.25) is 0 Å². The van der Waals surface area contributed by atoms with Gasteiger partial charge >= 0.3 is 0 Å². The van der Waals surface area contributed by atoms with Crippen molar-refractivity contribution in [2.75, 3.05) is 6.54 Å². The highest BCUT2D eigenvalue weighted by molar-refractivity contribution is 6.31. The van der Waals surface area contributed by atoms with Gasteiger partial charge in [-0.1, -0.05) is 43.6 Å². The van der Waals surface area contributed by atoms with Gasteiger partial charge in [-0.2, -0.15) is 0 Å². The molecule has 2 unspecified atom stereocenters. The van der Waals surface area contributed by atoms with Crippen LogP contribution in [0.1, 0.15) is 38.2 Å². The number of halogens is 1. The van der Waals surface area contributed by atoms with E-state index in [-0.39, 0.29) is 0 Å². The van der Waals surface area contributed by atoms with Crippen molar-refractivity contribution >= 4 is 11.6 Å². The van der Waals surface area contributed by atoms with Crippen LogP contribution >= 0.6 is 11.6 Å². The Bertz CT molecular complexity index is 348. The fourth-order valence-corrected chi connectivity index (χ4v) is 2.95. The molecule has 0 bridgehead atoms. The fourth-order valence-electron chi connectivity index (χ4n) is 2.67. The molecule has 16 heavy (non-hydrogen) atoms. The first-order chi connectivity index (χ1) is 7.68. The predicted molar refractivity (Wildman–Crippen MR) is 70.1 cm³/mol. The Kier molecular flexibility index (Phi) is 3.88. The molecule has 1 aliphatic heterocycles. The van der Waals surface area contributed by atoms with Gasteiger partial charge in [0.25, 0.3) is 0 Å². The molecule has 0 spiro atoms. The van der Waals surface area contributed by atoms with Gasteiger partial charge in [-0.15, -0.1) is 0 Å². The van der Waals surface area contributed by atoms with Crippen LogP contribution < -0.4 is 5.32 Å². The topological polar surface area (TPSA) is 12.0 Å². The summed E-state index contributed by atoms with van der Waals surface area (Å²) in [4.78, 5) is 0. The molecule has 0 amide bonds. The highest BCUT2D eigenvalue weighted by Crippen LogP contribution is 2.34. The number of rotatable bonds is 3. The van der Waals surface area contributed by atoms with Crippen molar-refractivity contribution in [1.29, 1.82) is 0 Å². The first-order valence-corrected chi connectivity index (χ1v) is 6.54. The van der Waals surface area contributed by atoms with Crippen LogP contribution in [0.15, 0.2) is 24.3 Å². The lowest BCUT2D eigenvalue weighted by Gasteiger charge is -2.22. The molecule has 1 heterocycles. The zero-order valence-electron chi connectivity index (χ0n) is 10.0. The van der Waals surface area contributed by atoms with Gasteiger partial charge in [0.05, 0.1) is 0 Å². The van der Waals surface area contributed by atoms with E-state index in [1.807, 2.05) is 12.1 Å². The van der Waals surface area contributed by atoms with E-state index >= 15 is 0 Å². The molecule has 1 nitrogen and oxygen atoms in total. The molecule has 2 heteroatoms.